The second-order valence-corrected chi connectivity index (χ2v) is 10.7. The van der Waals surface area contributed by atoms with Crippen LogP contribution in [0.25, 0.3) is 0 Å². The van der Waals surface area contributed by atoms with E-state index in [1.54, 1.807) is 0 Å². The zero-order chi connectivity index (χ0) is 11.7. The van der Waals surface area contributed by atoms with E-state index in [-0.39, 0.29) is 0 Å². The Morgan fingerprint density at radius 3 is 2.40 bits per heavy atom. The lowest BCUT2D eigenvalue weighted by Crippen LogP contribution is -2.43. The van der Waals surface area contributed by atoms with Crippen molar-refractivity contribution in [2.45, 2.75) is 57.8 Å². The highest BCUT2D eigenvalue weighted by Crippen LogP contribution is 2.38. The van der Waals surface area contributed by atoms with Crippen LogP contribution in [0, 0.1) is 0 Å². The van der Waals surface area contributed by atoms with Gasteiger partial charge in [-0.15, -0.1) is 0 Å². The number of hydrogen-bond donors (Lipinski definition) is 0. The van der Waals surface area contributed by atoms with Gasteiger partial charge in [0.1, 0.15) is 0 Å². The molecule has 1 atom stereocenters. The molecule has 0 aromatic carbocycles. The van der Waals surface area contributed by atoms with Gasteiger partial charge in [0, 0.05) is 0 Å². The average Bonchev–Trinajstić information content (AvgIpc) is 2.06. The van der Waals surface area contributed by atoms with E-state index in [0.717, 1.165) is 12.8 Å². The Labute approximate surface area is 95.4 Å². The molecule has 1 rings (SSSR count). The molecule has 1 aliphatic rings. The zero-order valence-electron chi connectivity index (χ0n) is 10.8. The van der Waals surface area contributed by atoms with E-state index in [1.165, 1.54) is 5.57 Å². The van der Waals surface area contributed by atoms with E-state index in [4.69, 9.17) is 4.43 Å². The van der Waals surface area contributed by atoms with Crippen molar-refractivity contribution < 1.29 is 4.43 Å². The summed E-state index contributed by atoms with van der Waals surface area (Å²) in [4.78, 5) is 0. The van der Waals surface area contributed by atoms with E-state index < -0.39 is 8.32 Å². The first kappa shape index (κ1) is 12.7. The van der Waals surface area contributed by atoms with Gasteiger partial charge < -0.3 is 4.43 Å². The number of allylic oxidation sites excluding steroid dienone is 2. The normalized spacial score (nSPS) is 23.3. The van der Waals surface area contributed by atoms with Crippen LogP contribution in [-0.2, 0) is 4.43 Å². The molecule has 0 aromatic rings. The molecule has 0 bridgehead atoms. The van der Waals surface area contributed by atoms with Crippen LogP contribution in [0.2, 0.25) is 18.1 Å². The first-order valence-electron chi connectivity index (χ1n) is 5.76. The van der Waals surface area contributed by atoms with Gasteiger partial charge in [-0.1, -0.05) is 45.1 Å². The topological polar surface area (TPSA) is 9.23 Å². The summed E-state index contributed by atoms with van der Waals surface area (Å²) in [5.41, 5.74) is 1.23. The average molecular weight is 224 g/mol. The molecule has 0 N–H and O–H groups in total. The third-order valence-corrected chi connectivity index (χ3v) is 8.05. The highest BCUT2D eigenvalue weighted by molar-refractivity contribution is 6.74. The summed E-state index contributed by atoms with van der Waals surface area (Å²) < 4.78 is 6.30. The quantitative estimate of drug-likeness (QED) is 0.636. The molecular formula is C13H24OSi. The van der Waals surface area contributed by atoms with Crippen LogP contribution in [0.5, 0.6) is 0 Å². The molecule has 86 valence electrons. The van der Waals surface area contributed by atoms with Crippen molar-refractivity contribution >= 4 is 8.32 Å². The molecule has 0 saturated carbocycles. The molecule has 1 aliphatic carbocycles. The predicted molar refractivity (Wildman–Crippen MR) is 69.6 cm³/mol. The molecule has 1 nitrogen and oxygen atoms in total. The van der Waals surface area contributed by atoms with E-state index in [1.807, 2.05) is 0 Å². The molecule has 15 heavy (non-hydrogen) atoms. The molecule has 0 heterocycles. The Morgan fingerprint density at radius 1 is 1.40 bits per heavy atom. The zero-order valence-corrected chi connectivity index (χ0v) is 11.8. The molecule has 0 aliphatic heterocycles. The van der Waals surface area contributed by atoms with E-state index >= 15 is 0 Å². The molecule has 0 aromatic heterocycles. The van der Waals surface area contributed by atoms with Gasteiger partial charge in [0.2, 0.25) is 0 Å². The summed E-state index contributed by atoms with van der Waals surface area (Å²) in [5.74, 6) is 0. The van der Waals surface area contributed by atoms with E-state index in [2.05, 4.69) is 52.6 Å². The van der Waals surface area contributed by atoms with Crippen LogP contribution in [-0.4, -0.2) is 14.4 Å². The van der Waals surface area contributed by atoms with Crippen LogP contribution in [0.15, 0.2) is 24.3 Å². The Bertz CT molecular complexity index is 271. The maximum atomic E-state index is 6.30. The van der Waals surface area contributed by atoms with Gasteiger partial charge in [0.15, 0.2) is 8.32 Å². The SMILES string of the molecule is C=C1C=C[C@@H](O[Si](C)(C)C(C)(C)C)CC1. The van der Waals surface area contributed by atoms with Gasteiger partial charge in [0.05, 0.1) is 6.10 Å². The number of rotatable bonds is 2. The smallest absolute Gasteiger partial charge is 0.192 e. The number of hydrogen-bond acceptors (Lipinski definition) is 1. The van der Waals surface area contributed by atoms with Crippen LogP contribution in [0.4, 0.5) is 0 Å². The maximum absolute atomic E-state index is 6.30. The molecule has 0 spiro atoms. The highest BCUT2D eigenvalue weighted by atomic mass is 28.4. The predicted octanol–water partition coefficient (Wildman–Crippen LogP) is 4.28. The highest BCUT2D eigenvalue weighted by Gasteiger charge is 2.38. The largest absolute Gasteiger partial charge is 0.411 e. The first-order valence-corrected chi connectivity index (χ1v) is 8.67. The van der Waals surface area contributed by atoms with Crippen molar-refractivity contribution in [1.29, 1.82) is 0 Å². The third kappa shape index (κ3) is 3.32. The van der Waals surface area contributed by atoms with Crippen molar-refractivity contribution in [3.8, 4) is 0 Å². The van der Waals surface area contributed by atoms with Crippen LogP contribution in [0.3, 0.4) is 0 Å². The Hall–Kier alpha value is -0.343. The van der Waals surface area contributed by atoms with E-state index in [9.17, 15) is 0 Å². The van der Waals surface area contributed by atoms with Gasteiger partial charge in [-0.05, 0) is 31.0 Å². The van der Waals surface area contributed by atoms with Gasteiger partial charge in [-0.3, -0.25) is 0 Å². The minimum atomic E-state index is -1.60. The molecule has 0 unspecified atom stereocenters. The lowest BCUT2D eigenvalue weighted by atomic mass is 10.0. The van der Waals surface area contributed by atoms with Crippen molar-refractivity contribution in [3.05, 3.63) is 24.3 Å². The Morgan fingerprint density at radius 2 is 2.00 bits per heavy atom. The molecule has 0 radical (unpaired) electrons. The maximum Gasteiger partial charge on any atom is 0.192 e. The fourth-order valence-electron chi connectivity index (χ4n) is 1.40. The lowest BCUT2D eigenvalue weighted by molar-refractivity contribution is 0.212. The Kier molecular flexibility index (Phi) is 3.62. The van der Waals surface area contributed by atoms with Crippen LogP contribution >= 0.6 is 0 Å². The van der Waals surface area contributed by atoms with Gasteiger partial charge in [0.25, 0.3) is 0 Å². The molecular weight excluding hydrogens is 200 g/mol. The summed E-state index contributed by atoms with van der Waals surface area (Å²) >= 11 is 0. The fraction of sp³-hybridized carbons (Fsp3) is 0.692. The summed E-state index contributed by atoms with van der Waals surface area (Å²) in [6.45, 7) is 15.4. The molecule has 2 heteroatoms. The van der Waals surface area contributed by atoms with Gasteiger partial charge in [-0.25, -0.2) is 0 Å². The van der Waals surface area contributed by atoms with Crippen molar-refractivity contribution in [2.75, 3.05) is 0 Å². The van der Waals surface area contributed by atoms with Crippen molar-refractivity contribution in [2.24, 2.45) is 0 Å². The fourth-order valence-corrected chi connectivity index (χ4v) is 2.71. The van der Waals surface area contributed by atoms with Crippen LogP contribution < -0.4 is 0 Å². The van der Waals surface area contributed by atoms with Crippen molar-refractivity contribution in [3.63, 3.8) is 0 Å². The summed E-state index contributed by atoms with van der Waals surface area (Å²) in [7, 11) is -1.60. The molecule has 0 amide bonds. The standard InChI is InChI=1S/C13H24OSi/c1-11-7-9-12(10-8-11)14-15(5,6)13(2,3)4/h7,9,12H,1,8,10H2,2-6H3/t12-/m1/s1. The van der Waals surface area contributed by atoms with E-state index in [0.29, 0.717) is 11.1 Å². The molecule has 0 saturated heterocycles. The minimum absolute atomic E-state index is 0.301. The van der Waals surface area contributed by atoms with Crippen molar-refractivity contribution in [1.82, 2.24) is 0 Å². The molecule has 0 fully saturated rings. The summed E-state index contributed by atoms with van der Waals surface area (Å²) in [5, 5.41) is 0.301. The third-order valence-electron chi connectivity index (χ3n) is 3.55. The van der Waals surface area contributed by atoms with Gasteiger partial charge >= 0.3 is 0 Å². The lowest BCUT2D eigenvalue weighted by Gasteiger charge is -2.39. The summed E-state index contributed by atoms with van der Waals surface area (Å²) in [6.07, 6.45) is 6.78. The van der Waals surface area contributed by atoms with Gasteiger partial charge in [-0.2, -0.15) is 0 Å². The minimum Gasteiger partial charge on any atom is -0.411 e. The Balaban J connectivity index is 2.63. The first-order chi connectivity index (χ1) is 6.72. The van der Waals surface area contributed by atoms with Crippen LogP contribution in [0.1, 0.15) is 33.6 Å². The monoisotopic (exact) mass is 224 g/mol. The second-order valence-electron chi connectivity index (χ2n) is 5.97. The second kappa shape index (κ2) is 4.26. The summed E-state index contributed by atoms with van der Waals surface area (Å²) in [6, 6.07) is 0.